The summed E-state index contributed by atoms with van der Waals surface area (Å²) in [4.78, 5) is 15.3. The Hall–Kier alpha value is -1.07. The number of rotatable bonds is 2. The molecule has 3 aliphatic rings. The number of aryl methyl sites for hydroxylation is 1. The third-order valence-electron chi connectivity index (χ3n) is 6.64. The van der Waals surface area contributed by atoms with E-state index in [1.807, 2.05) is 6.92 Å². The van der Waals surface area contributed by atoms with Crippen LogP contribution in [0.4, 0.5) is 0 Å². The van der Waals surface area contributed by atoms with Crippen LogP contribution in [-0.2, 0) is 4.79 Å². The van der Waals surface area contributed by atoms with Gasteiger partial charge in [-0.1, -0.05) is 6.42 Å². The smallest absolute Gasteiger partial charge is 0.225 e. The summed E-state index contributed by atoms with van der Waals surface area (Å²) in [6.07, 6.45) is 7.98. The number of halogens is 1. The number of carbonyl (C=O) groups excluding carboxylic acids is 1. The van der Waals surface area contributed by atoms with E-state index >= 15 is 0 Å². The second-order valence-corrected chi connectivity index (χ2v) is 8.30. The average Bonchev–Trinajstić information content (AvgIpc) is 3.01. The molecule has 1 amide bonds. The number of hydrogen-bond acceptors (Lipinski definition) is 3. The first kappa shape index (κ1) is 18.7. The van der Waals surface area contributed by atoms with Crippen molar-refractivity contribution in [3.63, 3.8) is 0 Å². The molecular weight excluding hydrogens is 336 g/mol. The number of piperidine rings is 1. The molecule has 2 aliphatic carbocycles. The molecule has 140 valence electrons. The molecule has 3 fully saturated rings. The predicted molar refractivity (Wildman–Crippen MR) is 101 cm³/mol. The minimum Gasteiger partial charge on any atom is -0.342 e. The maximum absolute atomic E-state index is 13.1. The van der Waals surface area contributed by atoms with Crippen LogP contribution < -0.4 is 5.73 Å². The fourth-order valence-corrected chi connectivity index (χ4v) is 5.32. The lowest BCUT2D eigenvalue weighted by molar-refractivity contribution is -0.139. The van der Waals surface area contributed by atoms with Crippen LogP contribution >= 0.6 is 12.4 Å². The molecule has 5 nitrogen and oxygen atoms in total. The van der Waals surface area contributed by atoms with E-state index in [1.54, 1.807) is 0 Å². The number of nitrogens with zero attached hydrogens (tertiary/aromatic N) is 2. The summed E-state index contributed by atoms with van der Waals surface area (Å²) in [5, 5.41) is 7.46. The zero-order valence-electron chi connectivity index (χ0n) is 15.1. The Labute approximate surface area is 156 Å². The second kappa shape index (κ2) is 7.67. The number of aromatic nitrogens is 2. The maximum Gasteiger partial charge on any atom is 0.225 e. The van der Waals surface area contributed by atoms with Gasteiger partial charge >= 0.3 is 0 Å². The molecule has 4 rings (SSSR count). The third-order valence-corrected chi connectivity index (χ3v) is 6.64. The molecule has 2 saturated carbocycles. The molecule has 1 aromatic heterocycles. The molecule has 1 aliphatic heterocycles. The number of H-pyrrole nitrogens is 1. The lowest BCUT2D eigenvalue weighted by atomic mass is 9.65. The Morgan fingerprint density at radius 1 is 1.24 bits per heavy atom. The highest BCUT2D eigenvalue weighted by Crippen LogP contribution is 2.42. The van der Waals surface area contributed by atoms with E-state index in [1.165, 1.54) is 19.3 Å². The van der Waals surface area contributed by atoms with Crippen LogP contribution in [0.25, 0.3) is 0 Å². The number of carbonyl (C=O) groups is 1. The molecule has 2 heterocycles. The number of likely N-dealkylation sites (tertiary alicyclic amines) is 1. The quantitative estimate of drug-likeness (QED) is 0.844. The summed E-state index contributed by atoms with van der Waals surface area (Å²) < 4.78 is 0. The zero-order valence-corrected chi connectivity index (χ0v) is 15.9. The molecule has 0 aromatic carbocycles. The molecule has 1 aromatic rings. The van der Waals surface area contributed by atoms with Crippen molar-refractivity contribution in [1.82, 2.24) is 15.1 Å². The molecule has 25 heavy (non-hydrogen) atoms. The van der Waals surface area contributed by atoms with E-state index in [9.17, 15) is 4.79 Å². The van der Waals surface area contributed by atoms with Crippen molar-refractivity contribution in [1.29, 1.82) is 0 Å². The second-order valence-electron chi connectivity index (χ2n) is 8.30. The summed E-state index contributed by atoms with van der Waals surface area (Å²) in [5.41, 5.74) is 8.61. The van der Waals surface area contributed by atoms with Gasteiger partial charge in [-0.2, -0.15) is 5.10 Å². The molecule has 0 spiro atoms. The monoisotopic (exact) mass is 366 g/mol. The van der Waals surface area contributed by atoms with Gasteiger partial charge in [-0.3, -0.25) is 9.89 Å². The summed E-state index contributed by atoms with van der Waals surface area (Å²) >= 11 is 0. The van der Waals surface area contributed by atoms with Gasteiger partial charge in [0.05, 0.1) is 5.69 Å². The number of nitrogens with two attached hydrogens (primary N) is 1. The minimum atomic E-state index is 0. The van der Waals surface area contributed by atoms with Crippen molar-refractivity contribution >= 4 is 18.3 Å². The summed E-state index contributed by atoms with van der Waals surface area (Å²) in [6, 6.07) is 2.46. The van der Waals surface area contributed by atoms with E-state index in [-0.39, 0.29) is 18.3 Å². The number of fused-ring (bicyclic) bond motifs is 2. The highest BCUT2D eigenvalue weighted by molar-refractivity contribution is 5.85. The summed E-state index contributed by atoms with van der Waals surface area (Å²) in [7, 11) is 0. The fourth-order valence-electron chi connectivity index (χ4n) is 5.32. The number of nitrogens with one attached hydrogen (secondary N) is 1. The van der Waals surface area contributed by atoms with E-state index in [2.05, 4.69) is 21.2 Å². The van der Waals surface area contributed by atoms with Crippen LogP contribution in [0.15, 0.2) is 6.07 Å². The van der Waals surface area contributed by atoms with Crippen molar-refractivity contribution in [2.24, 2.45) is 23.5 Å². The van der Waals surface area contributed by atoms with Gasteiger partial charge in [-0.15, -0.1) is 12.4 Å². The molecule has 3 N–H and O–H groups in total. The van der Waals surface area contributed by atoms with E-state index < -0.39 is 0 Å². The minimum absolute atomic E-state index is 0. The van der Waals surface area contributed by atoms with Gasteiger partial charge in [0.15, 0.2) is 0 Å². The largest absolute Gasteiger partial charge is 0.342 e. The van der Waals surface area contributed by atoms with Crippen LogP contribution in [0.5, 0.6) is 0 Å². The van der Waals surface area contributed by atoms with Crippen LogP contribution in [0.2, 0.25) is 0 Å². The lowest BCUT2D eigenvalue weighted by Gasteiger charge is -2.45. The molecule has 0 radical (unpaired) electrons. The molecule has 1 saturated heterocycles. The maximum atomic E-state index is 13.1. The van der Waals surface area contributed by atoms with Crippen molar-refractivity contribution in [2.75, 3.05) is 13.1 Å². The highest BCUT2D eigenvalue weighted by atomic mass is 35.5. The number of hydrogen-bond donors (Lipinski definition) is 2. The first-order chi connectivity index (χ1) is 11.6. The van der Waals surface area contributed by atoms with Crippen molar-refractivity contribution in [3.8, 4) is 0 Å². The van der Waals surface area contributed by atoms with Gasteiger partial charge in [-0.25, -0.2) is 0 Å². The SMILES string of the molecule is Cc1cc(C2CCCN(C(=O)C3CC4CCCC(C3)C4N)C2)n[nH]1.Cl. The van der Waals surface area contributed by atoms with Gasteiger partial charge in [0.25, 0.3) is 0 Å². The molecule has 3 atom stereocenters. The van der Waals surface area contributed by atoms with Crippen molar-refractivity contribution in [2.45, 2.75) is 63.8 Å². The Balaban J connectivity index is 0.00000182. The fraction of sp³-hybridized carbons (Fsp3) is 0.789. The van der Waals surface area contributed by atoms with E-state index in [0.717, 1.165) is 50.2 Å². The van der Waals surface area contributed by atoms with Gasteiger partial charge < -0.3 is 10.6 Å². The molecule has 6 heteroatoms. The van der Waals surface area contributed by atoms with Crippen LogP contribution in [0.1, 0.15) is 62.3 Å². The van der Waals surface area contributed by atoms with Crippen LogP contribution in [-0.4, -0.2) is 40.1 Å². The predicted octanol–water partition coefficient (Wildman–Crippen LogP) is 3.00. The molecule has 3 unspecified atom stereocenters. The Morgan fingerprint density at radius 2 is 1.96 bits per heavy atom. The van der Waals surface area contributed by atoms with Gasteiger partial charge in [-0.05, 0) is 63.4 Å². The molecular formula is C19H31ClN4O. The number of amides is 1. The van der Waals surface area contributed by atoms with Crippen LogP contribution in [0.3, 0.4) is 0 Å². The van der Waals surface area contributed by atoms with Crippen molar-refractivity contribution in [3.05, 3.63) is 17.5 Å². The topological polar surface area (TPSA) is 75.0 Å². The van der Waals surface area contributed by atoms with E-state index in [4.69, 9.17) is 5.73 Å². The zero-order chi connectivity index (χ0) is 16.7. The normalized spacial score (nSPS) is 35.1. The standard InChI is InChI=1S/C19H30N4O.ClH/c1-12-8-17(22-21-12)15-6-3-7-23(11-15)19(24)16-9-13-4-2-5-14(10-16)18(13)20;/h8,13-16,18H,2-7,9-11,20H2,1H3,(H,21,22);1H. The Morgan fingerprint density at radius 3 is 2.60 bits per heavy atom. The Bertz CT molecular complexity index is 590. The molecule has 2 bridgehead atoms. The van der Waals surface area contributed by atoms with Gasteiger partial charge in [0, 0.05) is 36.7 Å². The Kier molecular flexibility index (Phi) is 5.74. The van der Waals surface area contributed by atoms with E-state index in [0.29, 0.717) is 29.7 Å². The van der Waals surface area contributed by atoms with Gasteiger partial charge in [0.1, 0.15) is 0 Å². The average molecular weight is 367 g/mol. The van der Waals surface area contributed by atoms with Crippen LogP contribution in [0, 0.1) is 24.7 Å². The number of aromatic amines is 1. The highest BCUT2D eigenvalue weighted by Gasteiger charge is 2.42. The first-order valence-electron chi connectivity index (χ1n) is 9.68. The van der Waals surface area contributed by atoms with Crippen molar-refractivity contribution < 1.29 is 4.79 Å². The van der Waals surface area contributed by atoms with Gasteiger partial charge in [0.2, 0.25) is 5.91 Å². The summed E-state index contributed by atoms with van der Waals surface area (Å²) in [6.45, 7) is 3.78. The lowest BCUT2D eigenvalue weighted by Crippen LogP contribution is -2.50. The first-order valence-corrected chi connectivity index (χ1v) is 9.68. The third kappa shape index (κ3) is 3.72. The summed E-state index contributed by atoms with van der Waals surface area (Å²) in [5.74, 6) is 2.12.